The number of hydrogen-bond donors (Lipinski definition) is 1. The molecule has 0 radical (unpaired) electrons. The Morgan fingerprint density at radius 2 is 2.00 bits per heavy atom. The zero-order valence-corrected chi connectivity index (χ0v) is 11.5. The average molecular weight is 260 g/mol. The van der Waals surface area contributed by atoms with Crippen LogP contribution in [-0.2, 0) is 4.79 Å². The SMILES string of the molecule is Cc1ccc(C(=O)N2CCCC(C(N)=O)C2)cc1C. The third-order valence-corrected chi connectivity index (χ3v) is 3.86. The summed E-state index contributed by atoms with van der Waals surface area (Å²) in [5.74, 6) is -0.518. The monoisotopic (exact) mass is 260 g/mol. The van der Waals surface area contributed by atoms with Crippen molar-refractivity contribution < 1.29 is 9.59 Å². The van der Waals surface area contributed by atoms with Gasteiger partial charge in [-0.15, -0.1) is 0 Å². The Labute approximate surface area is 113 Å². The molecule has 1 aliphatic rings. The summed E-state index contributed by atoms with van der Waals surface area (Å²) in [5.41, 5.74) is 8.30. The molecule has 4 heteroatoms. The number of carbonyl (C=O) groups is 2. The van der Waals surface area contributed by atoms with E-state index in [4.69, 9.17) is 5.73 Å². The van der Waals surface area contributed by atoms with E-state index in [9.17, 15) is 9.59 Å². The van der Waals surface area contributed by atoms with Crippen LogP contribution in [0.1, 0.15) is 34.3 Å². The zero-order chi connectivity index (χ0) is 14.0. The second kappa shape index (κ2) is 5.43. The molecule has 0 bridgehead atoms. The normalized spacial score (nSPS) is 19.3. The molecule has 0 aliphatic carbocycles. The molecular formula is C15H20N2O2. The van der Waals surface area contributed by atoms with Crippen molar-refractivity contribution in [3.63, 3.8) is 0 Å². The molecule has 102 valence electrons. The highest BCUT2D eigenvalue weighted by atomic mass is 16.2. The van der Waals surface area contributed by atoms with Gasteiger partial charge in [0.05, 0.1) is 5.92 Å². The van der Waals surface area contributed by atoms with E-state index in [0.29, 0.717) is 18.7 Å². The number of hydrogen-bond acceptors (Lipinski definition) is 2. The highest BCUT2D eigenvalue weighted by molar-refractivity contribution is 5.95. The third kappa shape index (κ3) is 2.95. The van der Waals surface area contributed by atoms with Crippen LogP contribution in [-0.4, -0.2) is 29.8 Å². The summed E-state index contributed by atoms with van der Waals surface area (Å²) in [6.45, 7) is 5.17. The molecule has 1 aromatic rings. The van der Waals surface area contributed by atoms with Crippen molar-refractivity contribution in [2.24, 2.45) is 11.7 Å². The van der Waals surface area contributed by atoms with Gasteiger partial charge in [-0.25, -0.2) is 0 Å². The smallest absolute Gasteiger partial charge is 0.253 e. The molecular weight excluding hydrogens is 240 g/mol. The molecule has 2 N–H and O–H groups in total. The molecule has 1 atom stereocenters. The van der Waals surface area contributed by atoms with E-state index in [1.807, 2.05) is 32.0 Å². The molecule has 0 saturated carbocycles. The summed E-state index contributed by atoms with van der Waals surface area (Å²) in [7, 11) is 0. The molecule has 0 aromatic heterocycles. The lowest BCUT2D eigenvalue weighted by atomic mass is 9.96. The Morgan fingerprint density at radius 3 is 2.63 bits per heavy atom. The minimum absolute atomic E-state index is 0.00551. The first kappa shape index (κ1) is 13.6. The van der Waals surface area contributed by atoms with Crippen LogP contribution >= 0.6 is 0 Å². The molecule has 1 saturated heterocycles. The van der Waals surface area contributed by atoms with Crippen LogP contribution in [0.5, 0.6) is 0 Å². The van der Waals surface area contributed by atoms with Crippen LogP contribution in [0, 0.1) is 19.8 Å². The number of piperidine rings is 1. The lowest BCUT2D eigenvalue weighted by Gasteiger charge is -2.31. The lowest BCUT2D eigenvalue weighted by Crippen LogP contribution is -2.44. The minimum atomic E-state index is -0.308. The van der Waals surface area contributed by atoms with Crippen LogP contribution in [0.4, 0.5) is 0 Å². The van der Waals surface area contributed by atoms with Crippen molar-refractivity contribution in [1.29, 1.82) is 0 Å². The van der Waals surface area contributed by atoms with Gasteiger partial charge in [0, 0.05) is 18.7 Å². The first-order valence-electron chi connectivity index (χ1n) is 6.65. The molecule has 0 spiro atoms. The summed E-state index contributed by atoms with van der Waals surface area (Å²) < 4.78 is 0. The topological polar surface area (TPSA) is 63.4 Å². The Bertz CT molecular complexity index is 511. The van der Waals surface area contributed by atoms with E-state index in [1.54, 1.807) is 4.90 Å². The molecule has 4 nitrogen and oxygen atoms in total. The van der Waals surface area contributed by atoms with Crippen LogP contribution in [0.2, 0.25) is 0 Å². The second-order valence-electron chi connectivity index (χ2n) is 5.29. The number of likely N-dealkylation sites (tertiary alicyclic amines) is 1. The lowest BCUT2D eigenvalue weighted by molar-refractivity contribution is -0.123. The number of nitrogens with zero attached hydrogens (tertiary/aromatic N) is 1. The summed E-state index contributed by atoms with van der Waals surface area (Å²) in [6.07, 6.45) is 1.62. The maximum Gasteiger partial charge on any atom is 0.253 e. The van der Waals surface area contributed by atoms with Gasteiger partial charge in [-0.05, 0) is 49.9 Å². The predicted octanol–water partition coefficient (Wildman–Crippen LogP) is 1.64. The summed E-state index contributed by atoms with van der Waals surface area (Å²) in [5, 5.41) is 0. The summed E-state index contributed by atoms with van der Waals surface area (Å²) in [4.78, 5) is 25.4. The Kier molecular flexibility index (Phi) is 3.88. The Balaban J connectivity index is 2.14. The van der Waals surface area contributed by atoms with Crippen LogP contribution < -0.4 is 5.73 Å². The van der Waals surface area contributed by atoms with Crippen molar-refractivity contribution >= 4 is 11.8 Å². The maximum absolute atomic E-state index is 12.4. The predicted molar refractivity (Wildman–Crippen MR) is 73.7 cm³/mol. The molecule has 1 unspecified atom stereocenters. The molecule has 1 aromatic carbocycles. The fourth-order valence-corrected chi connectivity index (χ4v) is 2.45. The van der Waals surface area contributed by atoms with Gasteiger partial charge in [0.15, 0.2) is 0 Å². The second-order valence-corrected chi connectivity index (χ2v) is 5.29. The number of aryl methyl sites for hydroxylation is 2. The standard InChI is InChI=1S/C15H20N2O2/c1-10-5-6-12(8-11(10)2)15(19)17-7-3-4-13(9-17)14(16)18/h5-6,8,13H,3-4,7,9H2,1-2H3,(H2,16,18). The van der Waals surface area contributed by atoms with Gasteiger partial charge < -0.3 is 10.6 Å². The fourth-order valence-electron chi connectivity index (χ4n) is 2.45. The van der Waals surface area contributed by atoms with Gasteiger partial charge in [0.25, 0.3) is 5.91 Å². The zero-order valence-electron chi connectivity index (χ0n) is 11.5. The molecule has 1 aliphatic heterocycles. The molecule has 1 heterocycles. The van der Waals surface area contributed by atoms with E-state index in [-0.39, 0.29) is 17.7 Å². The van der Waals surface area contributed by atoms with Gasteiger partial charge in [-0.3, -0.25) is 9.59 Å². The van der Waals surface area contributed by atoms with E-state index >= 15 is 0 Å². The van der Waals surface area contributed by atoms with E-state index in [2.05, 4.69) is 0 Å². The number of amides is 2. The van der Waals surface area contributed by atoms with Gasteiger partial charge in [-0.2, -0.15) is 0 Å². The van der Waals surface area contributed by atoms with Crippen molar-refractivity contribution in [1.82, 2.24) is 4.90 Å². The Morgan fingerprint density at radius 1 is 1.26 bits per heavy atom. The molecule has 2 rings (SSSR count). The quantitative estimate of drug-likeness (QED) is 0.878. The molecule has 1 fully saturated rings. The van der Waals surface area contributed by atoms with Gasteiger partial charge in [0.2, 0.25) is 5.91 Å². The maximum atomic E-state index is 12.4. The third-order valence-electron chi connectivity index (χ3n) is 3.86. The highest BCUT2D eigenvalue weighted by Gasteiger charge is 2.27. The average Bonchev–Trinajstić information content (AvgIpc) is 2.41. The van der Waals surface area contributed by atoms with Crippen molar-refractivity contribution in [2.45, 2.75) is 26.7 Å². The Hall–Kier alpha value is -1.84. The first-order chi connectivity index (χ1) is 8.99. The van der Waals surface area contributed by atoms with Crippen molar-refractivity contribution in [3.05, 3.63) is 34.9 Å². The van der Waals surface area contributed by atoms with Crippen LogP contribution in [0.25, 0.3) is 0 Å². The number of primary amides is 1. The fraction of sp³-hybridized carbons (Fsp3) is 0.467. The van der Waals surface area contributed by atoms with Crippen LogP contribution in [0.15, 0.2) is 18.2 Å². The van der Waals surface area contributed by atoms with Gasteiger partial charge in [0.1, 0.15) is 0 Å². The first-order valence-corrected chi connectivity index (χ1v) is 6.65. The molecule has 19 heavy (non-hydrogen) atoms. The summed E-state index contributed by atoms with van der Waals surface area (Å²) >= 11 is 0. The number of nitrogens with two attached hydrogens (primary N) is 1. The number of carbonyl (C=O) groups excluding carboxylic acids is 2. The number of benzene rings is 1. The van der Waals surface area contributed by atoms with Crippen molar-refractivity contribution in [3.8, 4) is 0 Å². The van der Waals surface area contributed by atoms with Gasteiger partial charge >= 0.3 is 0 Å². The van der Waals surface area contributed by atoms with Gasteiger partial charge in [-0.1, -0.05) is 6.07 Å². The van der Waals surface area contributed by atoms with E-state index in [0.717, 1.165) is 18.4 Å². The van der Waals surface area contributed by atoms with E-state index < -0.39 is 0 Å². The minimum Gasteiger partial charge on any atom is -0.369 e. The summed E-state index contributed by atoms with van der Waals surface area (Å²) in [6, 6.07) is 5.71. The van der Waals surface area contributed by atoms with Crippen LogP contribution in [0.3, 0.4) is 0 Å². The number of rotatable bonds is 2. The largest absolute Gasteiger partial charge is 0.369 e. The van der Waals surface area contributed by atoms with Crippen molar-refractivity contribution in [2.75, 3.05) is 13.1 Å². The van der Waals surface area contributed by atoms with E-state index in [1.165, 1.54) is 5.56 Å². The highest BCUT2D eigenvalue weighted by Crippen LogP contribution is 2.19. The molecule has 2 amide bonds.